The molecule has 9 heteroatoms. The minimum atomic E-state index is -0.478. The number of esters is 1. The summed E-state index contributed by atoms with van der Waals surface area (Å²) in [6.07, 6.45) is 1.69. The van der Waals surface area contributed by atoms with Gasteiger partial charge in [-0.15, -0.1) is 10.2 Å². The van der Waals surface area contributed by atoms with Crippen LogP contribution in [-0.4, -0.2) is 38.9 Å². The number of nitriles is 1. The van der Waals surface area contributed by atoms with Gasteiger partial charge in [0.1, 0.15) is 0 Å². The normalized spacial score (nSPS) is 13.2. The minimum absolute atomic E-state index is 0.239. The molecule has 0 saturated heterocycles. The van der Waals surface area contributed by atoms with E-state index in [9.17, 15) is 4.79 Å². The first kappa shape index (κ1) is 20.8. The summed E-state index contributed by atoms with van der Waals surface area (Å²) < 4.78 is 6.88. The lowest BCUT2D eigenvalue weighted by Gasteiger charge is -2.16. The third-order valence-corrected chi connectivity index (χ3v) is 5.59. The predicted molar refractivity (Wildman–Crippen MR) is 120 cm³/mol. The molecule has 0 atom stereocenters. The zero-order chi connectivity index (χ0) is 21.8. The smallest absolute Gasteiger partial charge is 0.340 e. The van der Waals surface area contributed by atoms with Crippen molar-refractivity contribution in [2.45, 2.75) is 12.1 Å². The van der Waals surface area contributed by atoms with E-state index in [1.54, 1.807) is 48.0 Å². The Labute approximate surface area is 188 Å². The van der Waals surface area contributed by atoms with Crippen LogP contribution in [0, 0.1) is 11.3 Å². The first-order valence-electron chi connectivity index (χ1n) is 9.40. The zero-order valence-electron chi connectivity index (χ0n) is 16.4. The van der Waals surface area contributed by atoms with Crippen molar-refractivity contribution in [2.75, 3.05) is 12.4 Å². The van der Waals surface area contributed by atoms with Gasteiger partial charge in [-0.25, -0.2) is 4.79 Å². The Morgan fingerprint density at radius 1 is 1.29 bits per heavy atom. The molecule has 0 amide bonds. The van der Waals surface area contributed by atoms with Crippen LogP contribution in [0.1, 0.15) is 18.1 Å². The van der Waals surface area contributed by atoms with E-state index in [1.807, 2.05) is 18.2 Å². The van der Waals surface area contributed by atoms with Crippen molar-refractivity contribution >= 4 is 41.1 Å². The number of benzene rings is 2. The van der Waals surface area contributed by atoms with E-state index in [4.69, 9.17) is 21.6 Å². The molecule has 31 heavy (non-hydrogen) atoms. The fourth-order valence-electron chi connectivity index (χ4n) is 2.97. The Morgan fingerprint density at radius 3 is 2.84 bits per heavy atom. The third-order valence-electron chi connectivity index (χ3n) is 4.41. The molecule has 1 aliphatic heterocycles. The maximum Gasteiger partial charge on any atom is 0.340 e. The molecule has 2 heterocycles. The maximum absolute atomic E-state index is 12.7. The van der Waals surface area contributed by atoms with E-state index in [0.717, 1.165) is 5.56 Å². The van der Waals surface area contributed by atoms with Crippen LogP contribution in [0.3, 0.4) is 0 Å². The van der Waals surface area contributed by atoms with Gasteiger partial charge in [-0.1, -0.05) is 35.5 Å². The van der Waals surface area contributed by atoms with Crippen LogP contribution in [-0.2, 0) is 9.53 Å². The number of halogens is 1. The number of hydrogen-bond donors (Lipinski definition) is 0. The molecule has 0 radical (unpaired) electrons. The van der Waals surface area contributed by atoms with Crippen LogP contribution in [0.2, 0.25) is 5.02 Å². The fraction of sp³-hybridized carbons (Fsp3) is 0.136. The van der Waals surface area contributed by atoms with Crippen molar-refractivity contribution < 1.29 is 9.53 Å². The van der Waals surface area contributed by atoms with Crippen molar-refractivity contribution in [1.82, 2.24) is 14.9 Å². The van der Waals surface area contributed by atoms with Crippen molar-refractivity contribution in [3.8, 4) is 17.5 Å². The average Bonchev–Trinajstić information content (AvgIpc) is 3.21. The molecule has 0 saturated carbocycles. The first-order valence-corrected chi connectivity index (χ1v) is 10.8. The van der Waals surface area contributed by atoms with Gasteiger partial charge in [-0.2, -0.15) is 15.0 Å². The SMILES string of the molecule is CCOC(=O)C(=Cc1cccc(C#N)c1)C1=Nn2c(nnc2-c2ccc(Cl)cc2)SC1. The van der Waals surface area contributed by atoms with E-state index >= 15 is 0 Å². The number of hydrogen-bond acceptors (Lipinski definition) is 7. The third kappa shape index (κ3) is 4.53. The second-order valence-electron chi connectivity index (χ2n) is 6.48. The number of aromatic nitrogens is 3. The molecule has 154 valence electrons. The van der Waals surface area contributed by atoms with Gasteiger partial charge in [0, 0.05) is 16.3 Å². The van der Waals surface area contributed by atoms with Gasteiger partial charge in [0.25, 0.3) is 0 Å². The van der Waals surface area contributed by atoms with Gasteiger partial charge >= 0.3 is 5.97 Å². The molecule has 0 aliphatic carbocycles. The van der Waals surface area contributed by atoms with Crippen LogP contribution in [0.5, 0.6) is 0 Å². The average molecular weight is 450 g/mol. The summed E-state index contributed by atoms with van der Waals surface area (Å²) in [5.74, 6) is 0.501. The summed E-state index contributed by atoms with van der Waals surface area (Å²) >= 11 is 7.42. The Morgan fingerprint density at radius 2 is 2.10 bits per heavy atom. The molecule has 2 aromatic carbocycles. The number of ether oxygens (including phenoxy) is 1. The monoisotopic (exact) mass is 449 g/mol. The van der Waals surface area contributed by atoms with Gasteiger partial charge in [0.2, 0.25) is 5.16 Å². The Kier molecular flexibility index (Phi) is 6.16. The molecule has 0 spiro atoms. The lowest BCUT2D eigenvalue weighted by molar-refractivity contribution is -0.137. The van der Waals surface area contributed by atoms with Crippen LogP contribution in [0.15, 0.2) is 64.4 Å². The molecule has 3 aromatic rings. The highest BCUT2D eigenvalue weighted by atomic mass is 35.5. The molecule has 0 bridgehead atoms. The Balaban J connectivity index is 1.78. The molecule has 0 unspecified atom stereocenters. The van der Waals surface area contributed by atoms with Crippen molar-refractivity contribution in [3.63, 3.8) is 0 Å². The zero-order valence-corrected chi connectivity index (χ0v) is 18.0. The van der Waals surface area contributed by atoms with Crippen molar-refractivity contribution in [3.05, 3.63) is 70.3 Å². The van der Waals surface area contributed by atoms with E-state index in [2.05, 4.69) is 21.4 Å². The van der Waals surface area contributed by atoms with Gasteiger partial charge < -0.3 is 4.74 Å². The summed E-state index contributed by atoms with van der Waals surface area (Å²) in [4.78, 5) is 12.7. The summed E-state index contributed by atoms with van der Waals surface area (Å²) in [5.41, 5.74) is 2.88. The van der Waals surface area contributed by atoms with Gasteiger partial charge in [-0.3, -0.25) is 0 Å². The number of fused-ring (bicyclic) bond motifs is 1. The quantitative estimate of drug-likeness (QED) is 0.422. The predicted octanol–water partition coefficient (Wildman–Crippen LogP) is 4.43. The molecule has 7 nitrogen and oxygen atoms in total. The Hall–Kier alpha value is -3.41. The van der Waals surface area contributed by atoms with Gasteiger partial charge in [0.15, 0.2) is 5.82 Å². The lowest BCUT2D eigenvalue weighted by Crippen LogP contribution is -2.21. The first-order chi connectivity index (χ1) is 15.1. The second kappa shape index (κ2) is 9.16. The second-order valence-corrected chi connectivity index (χ2v) is 7.85. The molecule has 4 rings (SSSR count). The summed E-state index contributed by atoms with van der Waals surface area (Å²) in [6.45, 7) is 1.99. The summed E-state index contributed by atoms with van der Waals surface area (Å²) in [7, 11) is 0. The highest BCUT2D eigenvalue weighted by Gasteiger charge is 2.25. The molecule has 0 N–H and O–H groups in total. The molecule has 0 fully saturated rings. The lowest BCUT2D eigenvalue weighted by atomic mass is 10.1. The summed E-state index contributed by atoms with van der Waals surface area (Å²) in [5, 5.41) is 23.5. The van der Waals surface area contributed by atoms with Crippen LogP contribution >= 0.6 is 23.4 Å². The van der Waals surface area contributed by atoms with E-state index in [-0.39, 0.29) is 6.61 Å². The van der Waals surface area contributed by atoms with Gasteiger partial charge in [0.05, 0.1) is 29.5 Å². The van der Waals surface area contributed by atoms with Crippen LogP contribution < -0.4 is 0 Å². The molecule has 1 aromatic heterocycles. The van der Waals surface area contributed by atoms with E-state index in [1.165, 1.54) is 11.8 Å². The van der Waals surface area contributed by atoms with E-state index in [0.29, 0.717) is 44.2 Å². The number of carbonyl (C=O) groups excluding carboxylic acids is 1. The molecule has 1 aliphatic rings. The van der Waals surface area contributed by atoms with E-state index < -0.39 is 5.97 Å². The topological polar surface area (TPSA) is 93.2 Å². The van der Waals surface area contributed by atoms with Crippen molar-refractivity contribution in [1.29, 1.82) is 5.26 Å². The largest absolute Gasteiger partial charge is 0.462 e. The Bertz CT molecular complexity index is 1240. The number of thioether (sulfide) groups is 1. The van der Waals surface area contributed by atoms with Crippen LogP contribution in [0.4, 0.5) is 0 Å². The highest BCUT2D eigenvalue weighted by Crippen LogP contribution is 2.29. The maximum atomic E-state index is 12.7. The summed E-state index contributed by atoms with van der Waals surface area (Å²) in [6, 6.07) is 16.3. The van der Waals surface area contributed by atoms with Crippen LogP contribution in [0.25, 0.3) is 17.5 Å². The van der Waals surface area contributed by atoms with Crippen molar-refractivity contribution in [2.24, 2.45) is 5.10 Å². The highest BCUT2D eigenvalue weighted by molar-refractivity contribution is 7.99. The minimum Gasteiger partial charge on any atom is -0.462 e. The number of rotatable bonds is 5. The fourth-order valence-corrected chi connectivity index (χ4v) is 3.93. The standard InChI is InChI=1S/C22H16ClN5O2S/c1-2-30-21(29)18(11-14-4-3-5-15(10-14)12-24)19-13-31-22-26-25-20(28(22)27-19)16-6-8-17(23)9-7-16/h3-11H,2,13H2,1H3. The molecular weight excluding hydrogens is 434 g/mol. The molecular formula is C22H16ClN5O2S. The number of carbonyl (C=O) groups is 1. The number of nitrogens with zero attached hydrogens (tertiary/aromatic N) is 5. The van der Waals surface area contributed by atoms with Gasteiger partial charge in [-0.05, 0) is 55.0 Å².